The molecule has 0 aliphatic carbocycles. The zero-order valence-corrected chi connectivity index (χ0v) is 25.6. The number of aromatic nitrogens is 3. The number of anilines is 3. The Bertz CT molecular complexity index is 1690. The highest BCUT2D eigenvalue weighted by Gasteiger charge is 2.27. The number of nitrogens with zero attached hydrogens (tertiary/aromatic N) is 5. The van der Waals surface area contributed by atoms with Crippen molar-refractivity contribution < 1.29 is 27.0 Å². The van der Waals surface area contributed by atoms with Crippen molar-refractivity contribution in [2.45, 2.75) is 25.6 Å². The maximum atomic E-state index is 16.1. The number of ether oxygens (including phenoxy) is 2. The van der Waals surface area contributed by atoms with E-state index >= 15 is 8.78 Å². The monoisotopic (exact) mass is 639 g/mol. The molecule has 45 heavy (non-hydrogen) atoms. The standard InChI is InChI=1S/C31H35F2N7O4S/c1-19-18-44-14-11-40(19)31-24-15-21(22-3-2-4-23(28(22)33)25(32)7-8-36-45(41)42)16-26(39-9-12-43-13-10-39)29(24)37-30(38-31)20-5-6-27(34)35-17-20/h2-6,15-17,19,25,36H,7-14,18H2,1H3,(H2,34,35)(H,41,42). The Morgan fingerprint density at radius 1 is 1.11 bits per heavy atom. The van der Waals surface area contributed by atoms with Crippen LogP contribution in [0.2, 0.25) is 0 Å². The van der Waals surface area contributed by atoms with Crippen LogP contribution in [0.25, 0.3) is 33.4 Å². The van der Waals surface area contributed by atoms with Crippen LogP contribution in [0.3, 0.4) is 0 Å². The van der Waals surface area contributed by atoms with Crippen LogP contribution < -0.4 is 20.3 Å². The number of nitrogen functional groups attached to an aromatic ring is 1. The molecule has 4 N–H and O–H groups in total. The summed E-state index contributed by atoms with van der Waals surface area (Å²) in [4.78, 5) is 18.7. The fraction of sp³-hybridized carbons (Fsp3) is 0.387. The molecule has 3 atom stereocenters. The van der Waals surface area contributed by atoms with Gasteiger partial charge in [-0.05, 0) is 43.2 Å². The van der Waals surface area contributed by atoms with Crippen LogP contribution in [0, 0.1) is 5.82 Å². The number of hydrogen-bond acceptors (Lipinski definition) is 9. The topological polar surface area (TPSA) is 139 Å². The van der Waals surface area contributed by atoms with Gasteiger partial charge in [0.05, 0.1) is 43.7 Å². The number of morpholine rings is 2. The number of nitrogens with two attached hydrogens (primary N) is 1. The number of pyridine rings is 1. The van der Waals surface area contributed by atoms with Crippen LogP contribution in [0.4, 0.5) is 26.1 Å². The third-order valence-electron chi connectivity index (χ3n) is 8.10. The summed E-state index contributed by atoms with van der Waals surface area (Å²) in [6.07, 6.45) is -0.197. The van der Waals surface area contributed by atoms with E-state index in [9.17, 15) is 4.21 Å². The number of fused-ring (bicyclic) bond motifs is 1. The van der Waals surface area contributed by atoms with Gasteiger partial charge in [0, 0.05) is 54.5 Å². The van der Waals surface area contributed by atoms with Crippen molar-refractivity contribution in [2.75, 3.05) is 68.1 Å². The minimum Gasteiger partial charge on any atom is -0.384 e. The van der Waals surface area contributed by atoms with Gasteiger partial charge in [-0.15, -0.1) is 0 Å². The summed E-state index contributed by atoms with van der Waals surface area (Å²) >= 11 is -2.28. The molecule has 2 aromatic carbocycles. The SMILES string of the molecule is CC1COCCN1c1nc(-c2ccc(N)nc2)nc2c(N3CCOCC3)cc(-c3cccc(C(F)CCNS(=O)O)c3F)cc12. The lowest BCUT2D eigenvalue weighted by Gasteiger charge is -2.36. The number of halogens is 2. The van der Waals surface area contributed by atoms with Gasteiger partial charge in [-0.2, -0.15) is 0 Å². The van der Waals surface area contributed by atoms with Crippen molar-refractivity contribution in [2.24, 2.45) is 0 Å². The highest BCUT2D eigenvalue weighted by atomic mass is 32.2. The van der Waals surface area contributed by atoms with Gasteiger partial charge < -0.3 is 25.0 Å². The zero-order valence-electron chi connectivity index (χ0n) is 24.8. The summed E-state index contributed by atoms with van der Waals surface area (Å²) in [5, 5.41) is 0.728. The summed E-state index contributed by atoms with van der Waals surface area (Å²) in [6, 6.07) is 12.0. The third-order valence-corrected chi connectivity index (χ3v) is 8.55. The van der Waals surface area contributed by atoms with Crippen LogP contribution in [0.15, 0.2) is 48.7 Å². The largest absolute Gasteiger partial charge is 0.384 e. The van der Waals surface area contributed by atoms with E-state index in [0.717, 1.165) is 11.1 Å². The minimum absolute atomic E-state index is 0.0129. The molecule has 2 aliphatic heterocycles. The zero-order chi connectivity index (χ0) is 31.5. The van der Waals surface area contributed by atoms with Gasteiger partial charge in [-0.25, -0.2) is 32.7 Å². The first-order valence-corrected chi connectivity index (χ1v) is 15.9. The van der Waals surface area contributed by atoms with Gasteiger partial charge in [-0.1, -0.05) is 18.2 Å². The quantitative estimate of drug-likeness (QED) is 0.228. The predicted molar refractivity (Wildman–Crippen MR) is 170 cm³/mol. The molecule has 0 radical (unpaired) electrons. The van der Waals surface area contributed by atoms with Crippen LogP contribution in [0.1, 0.15) is 25.1 Å². The number of alkyl halides is 1. The van der Waals surface area contributed by atoms with Crippen molar-refractivity contribution in [3.8, 4) is 22.5 Å². The second kappa shape index (κ2) is 13.7. The lowest BCUT2D eigenvalue weighted by atomic mass is 9.96. The Labute approximate surface area is 262 Å². The highest BCUT2D eigenvalue weighted by molar-refractivity contribution is 7.77. The summed E-state index contributed by atoms with van der Waals surface area (Å²) in [5.74, 6) is 0.868. The molecule has 14 heteroatoms. The Hall–Kier alpha value is -3.82. The molecular weight excluding hydrogens is 604 g/mol. The first-order chi connectivity index (χ1) is 21.8. The van der Waals surface area contributed by atoms with Crippen LogP contribution in [0.5, 0.6) is 0 Å². The van der Waals surface area contributed by atoms with Gasteiger partial charge in [0.25, 0.3) is 0 Å². The molecule has 2 fully saturated rings. The molecule has 0 amide bonds. The average molecular weight is 640 g/mol. The maximum Gasteiger partial charge on any atom is 0.231 e. The van der Waals surface area contributed by atoms with Crippen LogP contribution >= 0.6 is 0 Å². The molecule has 3 unspecified atom stereocenters. The molecule has 0 spiro atoms. The molecule has 2 aliphatic rings. The van der Waals surface area contributed by atoms with E-state index in [2.05, 4.69) is 26.4 Å². The minimum atomic E-state index is -2.28. The Balaban J connectivity index is 1.54. The molecule has 2 saturated heterocycles. The van der Waals surface area contributed by atoms with Gasteiger partial charge in [0.15, 0.2) is 5.82 Å². The lowest BCUT2D eigenvalue weighted by molar-refractivity contribution is 0.0987. The van der Waals surface area contributed by atoms with Crippen molar-refractivity contribution in [1.29, 1.82) is 0 Å². The Morgan fingerprint density at radius 2 is 1.91 bits per heavy atom. The number of nitrogens with one attached hydrogen (secondary N) is 1. The maximum absolute atomic E-state index is 16.1. The van der Waals surface area contributed by atoms with Crippen molar-refractivity contribution >= 4 is 39.5 Å². The molecule has 11 nitrogen and oxygen atoms in total. The number of benzene rings is 2. The third kappa shape index (κ3) is 6.75. The Kier molecular flexibility index (Phi) is 9.47. The average Bonchev–Trinajstić information content (AvgIpc) is 3.05. The fourth-order valence-electron chi connectivity index (χ4n) is 5.77. The molecule has 2 aromatic heterocycles. The van der Waals surface area contributed by atoms with Crippen molar-refractivity contribution in [1.82, 2.24) is 19.7 Å². The first-order valence-electron chi connectivity index (χ1n) is 14.8. The second-order valence-electron chi connectivity index (χ2n) is 11.1. The highest BCUT2D eigenvalue weighted by Crippen LogP contribution is 2.40. The number of hydrogen-bond donors (Lipinski definition) is 3. The van der Waals surface area contributed by atoms with E-state index in [1.54, 1.807) is 24.4 Å². The molecule has 238 valence electrons. The van der Waals surface area contributed by atoms with E-state index in [1.165, 1.54) is 6.07 Å². The van der Waals surface area contributed by atoms with Crippen molar-refractivity contribution in [3.05, 3.63) is 60.0 Å². The first kappa shape index (κ1) is 31.2. The summed E-state index contributed by atoms with van der Waals surface area (Å²) < 4.78 is 64.8. The number of rotatable bonds is 9. The molecule has 6 rings (SSSR count). The predicted octanol–water partition coefficient (Wildman–Crippen LogP) is 4.27. The van der Waals surface area contributed by atoms with Gasteiger partial charge >= 0.3 is 0 Å². The van der Waals surface area contributed by atoms with E-state index in [4.69, 9.17) is 29.7 Å². The Morgan fingerprint density at radius 3 is 2.64 bits per heavy atom. The summed E-state index contributed by atoms with van der Waals surface area (Å²) in [7, 11) is 0. The summed E-state index contributed by atoms with van der Waals surface area (Å²) in [6.45, 7) is 5.90. The fourth-order valence-corrected chi connectivity index (χ4v) is 6.06. The molecular formula is C31H35F2N7O4S. The van der Waals surface area contributed by atoms with Crippen LogP contribution in [-0.2, 0) is 20.7 Å². The van der Waals surface area contributed by atoms with E-state index in [-0.39, 0.29) is 30.1 Å². The van der Waals surface area contributed by atoms with Crippen molar-refractivity contribution in [3.63, 3.8) is 0 Å². The smallest absolute Gasteiger partial charge is 0.231 e. The molecule has 4 heterocycles. The van der Waals surface area contributed by atoms with Crippen LogP contribution in [-0.4, -0.2) is 82.4 Å². The van der Waals surface area contributed by atoms with E-state index in [0.29, 0.717) is 80.2 Å². The molecule has 0 saturated carbocycles. The summed E-state index contributed by atoms with van der Waals surface area (Å²) in [5.41, 5.74) is 8.72. The lowest BCUT2D eigenvalue weighted by Crippen LogP contribution is -2.44. The second-order valence-corrected chi connectivity index (χ2v) is 11.8. The van der Waals surface area contributed by atoms with Gasteiger partial charge in [0.2, 0.25) is 11.3 Å². The van der Waals surface area contributed by atoms with Gasteiger partial charge in [-0.3, -0.25) is 4.55 Å². The van der Waals surface area contributed by atoms with Gasteiger partial charge in [0.1, 0.15) is 23.6 Å². The van der Waals surface area contributed by atoms with E-state index in [1.807, 2.05) is 18.2 Å². The molecule has 4 aromatic rings. The molecule has 0 bridgehead atoms. The van der Waals surface area contributed by atoms with E-state index < -0.39 is 23.3 Å². The normalized spacial score (nSPS) is 18.7.